The summed E-state index contributed by atoms with van der Waals surface area (Å²) in [4.78, 5) is 10.3. The normalized spacial score (nSPS) is 11.1. The first-order valence-corrected chi connectivity index (χ1v) is 8.32. The molecular weight excluding hydrogens is 373 g/mol. The minimum atomic E-state index is -0.477. The van der Waals surface area contributed by atoms with Gasteiger partial charge in [0.15, 0.2) is 0 Å². The van der Waals surface area contributed by atoms with Crippen LogP contribution < -0.4 is 5.43 Å². The number of rotatable bonds is 6. The van der Waals surface area contributed by atoms with Gasteiger partial charge in [0.25, 0.3) is 5.69 Å². The number of aryl methyl sites for hydroxylation is 1. The van der Waals surface area contributed by atoms with Crippen molar-refractivity contribution < 1.29 is 9.31 Å². The molecule has 0 aliphatic rings. The minimum absolute atomic E-state index is 0.0310. The molecule has 27 heavy (non-hydrogen) atoms. The zero-order valence-corrected chi connectivity index (χ0v) is 15.0. The molecule has 2 aromatic carbocycles. The smallest absolute Gasteiger partial charge is 0.271 e. The maximum atomic E-state index is 13.0. The van der Waals surface area contributed by atoms with Gasteiger partial charge < -0.3 is 0 Å². The SMILES string of the molecule is Cc1nn(Cc2ccc(F)cc2)c(Cl)c1/C=N/Nc1cccc([N+](=O)[O-])c1. The molecule has 0 bridgehead atoms. The summed E-state index contributed by atoms with van der Waals surface area (Å²) in [6.45, 7) is 2.19. The van der Waals surface area contributed by atoms with E-state index in [-0.39, 0.29) is 11.5 Å². The number of nitrogens with one attached hydrogen (secondary N) is 1. The molecule has 3 rings (SSSR count). The van der Waals surface area contributed by atoms with Gasteiger partial charge in [0.2, 0.25) is 0 Å². The molecule has 0 amide bonds. The first kappa shape index (κ1) is 18.5. The lowest BCUT2D eigenvalue weighted by atomic mass is 10.2. The van der Waals surface area contributed by atoms with E-state index in [2.05, 4.69) is 15.6 Å². The Morgan fingerprint density at radius 3 is 2.78 bits per heavy atom. The van der Waals surface area contributed by atoms with Crippen LogP contribution in [0.2, 0.25) is 5.15 Å². The van der Waals surface area contributed by atoms with E-state index >= 15 is 0 Å². The van der Waals surface area contributed by atoms with Crippen LogP contribution in [0.15, 0.2) is 53.6 Å². The van der Waals surface area contributed by atoms with Gasteiger partial charge in [-0.2, -0.15) is 10.2 Å². The summed E-state index contributed by atoms with van der Waals surface area (Å²) >= 11 is 6.38. The molecule has 0 saturated carbocycles. The number of aromatic nitrogens is 2. The highest BCUT2D eigenvalue weighted by atomic mass is 35.5. The molecule has 9 heteroatoms. The number of halogens is 2. The van der Waals surface area contributed by atoms with Gasteiger partial charge in [0, 0.05) is 12.1 Å². The van der Waals surface area contributed by atoms with Gasteiger partial charge in [0.05, 0.1) is 34.6 Å². The molecule has 1 N–H and O–H groups in total. The molecule has 0 fully saturated rings. The Labute approximate surface area is 159 Å². The molecule has 1 aromatic heterocycles. The van der Waals surface area contributed by atoms with Crippen LogP contribution in [0.4, 0.5) is 15.8 Å². The largest absolute Gasteiger partial charge is 0.278 e. The third-order valence-electron chi connectivity index (χ3n) is 3.80. The predicted molar refractivity (Wildman–Crippen MR) is 102 cm³/mol. The number of hydrogen-bond donors (Lipinski definition) is 1. The van der Waals surface area contributed by atoms with Crippen LogP contribution >= 0.6 is 11.6 Å². The molecular formula is C18H15ClFN5O2. The fourth-order valence-corrected chi connectivity index (χ4v) is 2.72. The third kappa shape index (κ3) is 4.48. The molecule has 0 radical (unpaired) electrons. The Bertz CT molecular complexity index is 1000. The van der Waals surface area contributed by atoms with Gasteiger partial charge in [-0.1, -0.05) is 29.8 Å². The van der Waals surface area contributed by atoms with Gasteiger partial charge in [-0.25, -0.2) is 9.07 Å². The van der Waals surface area contributed by atoms with Crippen molar-refractivity contribution in [1.82, 2.24) is 9.78 Å². The number of nitrogens with zero attached hydrogens (tertiary/aromatic N) is 4. The summed E-state index contributed by atoms with van der Waals surface area (Å²) in [6, 6.07) is 12.1. The maximum Gasteiger partial charge on any atom is 0.271 e. The molecule has 0 saturated heterocycles. The minimum Gasteiger partial charge on any atom is -0.278 e. The average molecular weight is 388 g/mol. The van der Waals surface area contributed by atoms with Gasteiger partial charge in [-0.05, 0) is 30.7 Å². The van der Waals surface area contributed by atoms with Crippen LogP contribution in [0.3, 0.4) is 0 Å². The Morgan fingerprint density at radius 2 is 2.07 bits per heavy atom. The lowest BCUT2D eigenvalue weighted by molar-refractivity contribution is -0.384. The standard InChI is InChI=1S/C18H15ClFN5O2/c1-12-17(10-21-22-15-3-2-4-16(9-15)25(26)27)18(19)24(23-12)11-13-5-7-14(20)8-6-13/h2-10,22H,11H2,1H3/b21-10+. The van der Waals surface area contributed by atoms with Crippen molar-refractivity contribution in [2.75, 3.05) is 5.43 Å². The van der Waals surface area contributed by atoms with Crippen LogP contribution in [0.25, 0.3) is 0 Å². The monoisotopic (exact) mass is 387 g/mol. The number of non-ortho nitro benzene ring substituents is 1. The Hall–Kier alpha value is -3.26. The van der Waals surface area contributed by atoms with E-state index in [0.717, 1.165) is 5.56 Å². The van der Waals surface area contributed by atoms with E-state index in [1.54, 1.807) is 35.9 Å². The third-order valence-corrected chi connectivity index (χ3v) is 4.20. The molecule has 0 aliphatic heterocycles. The molecule has 3 aromatic rings. The quantitative estimate of drug-likeness (QED) is 0.386. The van der Waals surface area contributed by atoms with E-state index in [1.165, 1.54) is 30.5 Å². The molecule has 7 nitrogen and oxygen atoms in total. The fourth-order valence-electron chi connectivity index (χ4n) is 2.44. The molecule has 0 atom stereocenters. The van der Waals surface area contributed by atoms with Crippen molar-refractivity contribution in [3.8, 4) is 0 Å². The number of hydrazone groups is 1. The van der Waals surface area contributed by atoms with Gasteiger partial charge >= 0.3 is 0 Å². The molecule has 0 spiro atoms. The van der Waals surface area contributed by atoms with Crippen molar-refractivity contribution in [1.29, 1.82) is 0 Å². The highest BCUT2D eigenvalue weighted by molar-refractivity contribution is 6.32. The topological polar surface area (TPSA) is 85.3 Å². The molecule has 0 unspecified atom stereocenters. The van der Waals surface area contributed by atoms with Crippen LogP contribution in [0.1, 0.15) is 16.8 Å². The summed E-state index contributed by atoms with van der Waals surface area (Å²) in [5, 5.41) is 19.6. The van der Waals surface area contributed by atoms with Crippen molar-refractivity contribution in [2.24, 2.45) is 5.10 Å². The Morgan fingerprint density at radius 1 is 1.33 bits per heavy atom. The van der Waals surface area contributed by atoms with Crippen molar-refractivity contribution >= 4 is 29.2 Å². The number of anilines is 1. The average Bonchev–Trinajstić information content (AvgIpc) is 2.91. The lowest BCUT2D eigenvalue weighted by Crippen LogP contribution is -2.02. The summed E-state index contributed by atoms with van der Waals surface area (Å²) < 4.78 is 14.6. The molecule has 0 aliphatic carbocycles. The van der Waals surface area contributed by atoms with Gasteiger partial charge in [-0.15, -0.1) is 0 Å². The highest BCUT2D eigenvalue weighted by Crippen LogP contribution is 2.20. The van der Waals surface area contributed by atoms with E-state index in [1.807, 2.05) is 0 Å². The van der Waals surface area contributed by atoms with E-state index in [4.69, 9.17) is 11.6 Å². The number of nitro groups is 1. The predicted octanol–water partition coefficient (Wildman–Crippen LogP) is 4.39. The van der Waals surface area contributed by atoms with Crippen molar-refractivity contribution in [3.05, 3.63) is 86.4 Å². The van der Waals surface area contributed by atoms with E-state index < -0.39 is 4.92 Å². The Kier molecular flexibility index (Phi) is 5.46. The zero-order chi connectivity index (χ0) is 19.4. The Balaban J connectivity index is 1.74. The number of hydrogen-bond acceptors (Lipinski definition) is 5. The summed E-state index contributed by atoms with van der Waals surface area (Å²) in [6.07, 6.45) is 1.50. The number of benzene rings is 2. The fraction of sp³-hybridized carbons (Fsp3) is 0.111. The van der Waals surface area contributed by atoms with E-state index in [0.29, 0.717) is 28.6 Å². The maximum absolute atomic E-state index is 13.0. The van der Waals surface area contributed by atoms with E-state index in [9.17, 15) is 14.5 Å². The second-order valence-electron chi connectivity index (χ2n) is 5.75. The van der Waals surface area contributed by atoms with Crippen LogP contribution in [0, 0.1) is 22.9 Å². The van der Waals surface area contributed by atoms with Crippen molar-refractivity contribution in [3.63, 3.8) is 0 Å². The second-order valence-corrected chi connectivity index (χ2v) is 6.11. The molecule has 1 heterocycles. The molecule has 138 valence electrons. The summed E-state index contributed by atoms with van der Waals surface area (Å²) in [7, 11) is 0. The zero-order valence-electron chi connectivity index (χ0n) is 14.3. The second kappa shape index (κ2) is 7.96. The highest BCUT2D eigenvalue weighted by Gasteiger charge is 2.12. The van der Waals surface area contributed by atoms with Crippen LogP contribution in [-0.4, -0.2) is 20.9 Å². The lowest BCUT2D eigenvalue weighted by Gasteiger charge is -2.03. The van der Waals surface area contributed by atoms with Crippen LogP contribution in [0.5, 0.6) is 0 Å². The first-order valence-electron chi connectivity index (χ1n) is 7.95. The van der Waals surface area contributed by atoms with Crippen LogP contribution in [-0.2, 0) is 6.54 Å². The van der Waals surface area contributed by atoms with Gasteiger partial charge in [0.1, 0.15) is 11.0 Å². The summed E-state index contributed by atoms with van der Waals surface area (Å²) in [5.41, 5.74) is 5.34. The summed E-state index contributed by atoms with van der Waals surface area (Å²) in [5.74, 6) is -0.304. The van der Waals surface area contributed by atoms with Gasteiger partial charge in [-0.3, -0.25) is 15.5 Å². The van der Waals surface area contributed by atoms with Crippen molar-refractivity contribution in [2.45, 2.75) is 13.5 Å². The number of nitro benzene ring substituents is 1. The first-order chi connectivity index (χ1) is 12.9.